The Bertz CT molecular complexity index is 637. The Morgan fingerprint density at radius 3 is 2.38 bits per heavy atom. The normalized spacial score (nSPS) is 19.2. The third kappa shape index (κ3) is 3.89. The summed E-state index contributed by atoms with van der Waals surface area (Å²) in [5.74, 6) is 2.09. The van der Waals surface area contributed by atoms with E-state index >= 15 is 0 Å². The van der Waals surface area contributed by atoms with Gasteiger partial charge in [-0.15, -0.1) is 0 Å². The first-order chi connectivity index (χ1) is 11.7. The van der Waals surface area contributed by atoms with Crippen LogP contribution < -0.4 is 9.47 Å². The van der Waals surface area contributed by atoms with Gasteiger partial charge >= 0.3 is 0 Å². The van der Waals surface area contributed by atoms with Crippen LogP contribution in [0.5, 0.6) is 11.5 Å². The second kappa shape index (κ2) is 7.69. The highest BCUT2D eigenvalue weighted by molar-refractivity contribution is 5.40. The highest BCUT2D eigenvalue weighted by Gasteiger charge is 2.26. The molecule has 1 fully saturated rings. The average Bonchev–Trinajstić information content (AvgIpc) is 3.10. The van der Waals surface area contributed by atoms with Crippen LogP contribution in [-0.4, -0.2) is 43.9 Å². The van der Waals surface area contributed by atoms with Crippen molar-refractivity contribution in [3.63, 3.8) is 0 Å². The summed E-state index contributed by atoms with van der Waals surface area (Å²) in [4.78, 5) is 2.33. The molecule has 0 aromatic heterocycles. The largest absolute Gasteiger partial charge is 0.497 e. The molecule has 2 unspecified atom stereocenters. The van der Waals surface area contributed by atoms with Crippen LogP contribution >= 0.6 is 0 Å². The number of likely N-dealkylation sites (tertiary alicyclic amines) is 1. The molecule has 4 nitrogen and oxygen atoms in total. The van der Waals surface area contributed by atoms with Crippen molar-refractivity contribution >= 4 is 0 Å². The predicted molar refractivity (Wildman–Crippen MR) is 94.7 cm³/mol. The molecule has 2 aromatic rings. The fraction of sp³-hybridized carbons (Fsp3) is 0.400. The van der Waals surface area contributed by atoms with Gasteiger partial charge in [0, 0.05) is 19.2 Å². The van der Waals surface area contributed by atoms with Gasteiger partial charge in [-0.2, -0.15) is 0 Å². The zero-order chi connectivity index (χ0) is 16.9. The van der Waals surface area contributed by atoms with Gasteiger partial charge in [0.05, 0.1) is 20.3 Å². The monoisotopic (exact) mass is 327 g/mol. The third-order valence-corrected chi connectivity index (χ3v) is 4.73. The van der Waals surface area contributed by atoms with Crippen LogP contribution in [0.15, 0.2) is 48.5 Å². The molecule has 0 amide bonds. The van der Waals surface area contributed by atoms with E-state index in [0.717, 1.165) is 36.6 Å². The Balaban J connectivity index is 1.65. The van der Waals surface area contributed by atoms with Crippen molar-refractivity contribution in [1.82, 2.24) is 4.90 Å². The van der Waals surface area contributed by atoms with Gasteiger partial charge < -0.3 is 14.6 Å². The van der Waals surface area contributed by atoms with E-state index in [9.17, 15) is 5.11 Å². The van der Waals surface area contributed by atoms with Crippen molar-refractivity contribution in [2.24, 2.45) is 0 Å². The third-order valence-electron chi connectivity index (χ3n) is 4.73. The average molecular weight is 327 g/mol. The molecule has 2 atom stereocenters. The molecule has 1 N–H and O–H groups in total. The van der Waals surface area contributed by atoms with E-state index in [1.165, 1.54) is 5.56 Å². The van der Waals surface area contributed by atoms with Gasteiger partial charge in [-0.3, -0.25) is 4.90 Å². The Kier molecular flexibility index (Phi) is 5.38. The highest BCUT2D eigenvalue weighted by Crippen LogP contribution is 2.33. The van der Waals surface area contributed by atoms with Crippen molar-refractivity contribution in [2.45, 2.75) is 18.4 Å². The summed E-state index contributed by atoms with van der Waals surface area (Å²) in [6.07, 6.45) is 0.641. The number of benzene rings is 2. The summed E-state index contributed by atoms with van der Waals surface area (Å²) in [5.41, 5.74) is 2.21. The first-order valence-electron chi connectivity index (χ1n) is 8.38. The molecular weight excluding hydrogens is 302 g/mol. The van der Waals surface area contributed by atoms with Crippen LogP contribution in [-0.2, 0) is 0 Å². The molecular formula is C20H25NO3. The summed E-state index contributed by atoms with van der Waals surface area (Å²) >= 11 is 0. The van der Waals surface area contributed by atoms with Gasteiger partial charge in [0.25, 0.3) is 0 Å². The second-order valence-electron chi connectivity index (χ2n) is 6.32. The summed E-state index contributed by atoms with van der Waals surface area (Å²) in [5, 5.41) is 10.4. The fourth-order valence-electron chi connectivity index (χ4n) is 3.36. The molecule has 1 aliphatic rings. The first kappa shape index (κ1) is 16.8. The number of nitrogens with zero attached hydrogens (tertiary/aromatic N) is 1. The van der Waals surface area contributed by atoms with Gasteiger partial charge in [0.2, 0.25) is 0 Å². The summed E-state index contributed by atoms with van der Waals surface area (Å²) in [7, 11) is 3.35. The van der Waals surface area contributed by atoms with Crippen LogP contribution in [0.1, 0.15) is 29.6 Å². The van der Waals surface area contributed by atoms with Crippen molar-refractivity contribution in [1.29, 1.82) is 0 Å². The van der Waals surface area contributed by atoms with Crippen molar-refractivity contribution in [3.8, 4) is 11.5 Å². The molecule has 0 radical (unpaired) electrons. The zero-order valence-electron chi connectivity index (χ0n) is 14.3. The molecule has 0 bridgehead atoms. The molecule has 3 rings (SSSR count). The topological polar surface area (TPSA) is 41.9 Å². The molecule has 4 heteroatoms. The maximum absolute atomic E-state index is 10.4. The quantitative estimate of drug-likeness (QED) is 0.884. The Morgan fingerprint density at radius 1 is 1.08 bits per heavy atom. The number of hydrogen-bond acceptors (Lipinski definition) is 4. The summed E-state index contributed by atoms with van der Waals surface area (Å²) in [6, 6.07) is 15.9. The number of hydrogen-bond donors (Lipinski definition) is 1. The van der Waals surface area contributed by atoms with Crippen molar-refractivity contribution < 1.29 is 14.6 Å². The van der Waals surface area contributed by atoms with Crippen LogP contribution in [0.25, 0.3) is 0 Å². The van der Waals surface area contributed by atoms with E-state index in [1.54, 1.807) is 14.2 Å². The van der Waals surface area contributed by atoms with Gasteiger partial charge in [-0.05, 0) is 42.1 Å². The molecule has 2 aromatic carbocycles. The number of rotatable bonds is 6. The first-order valence-corrected chi connectivity index (χ1v) is 8.38. The molecule has 1 aliphatic heterocycles. The van der Waals surface area contributed by atoms with Crippen molar-refractivity contribution in [2.75, 3.05) is 33.9 Å². The van der Waals surface area contributed by atoms with Crippen LogP contribution in [0.4, 0.5) is 0 Å². The SMILES string of the molecule is COc1cc(OC)cc(C2CCN(CC(O)c3ccccc3)C2)c1. The number of methoxy groups -OCH3 is 2. The minimum atomic E-state index is -0.440. The maximum Gasteiger partial charge on any atom is 0.122 e. The smallest absolute Gasteiger partial charge is 0.122 e. The van der Waals surface area contributed by atoms with Crippen LogP contribution in [0.2, 0.25) is 0 Å². The molecule has 128 valence electrons. The number of aliphatic hydroxyl groups is 1. The van der Waals surface area contributed by atoms with E-state index in [0.29, 0.717) is 12.5 Å². The van der Waals surface area contributed by atoms with Gasteiger partial charge in [0.1, 0.15) is 11.5 Å². The minimum absolute atomic E-state index is 0.440. The van der Waals surface area contributed by atoms with E-state index in [-0.39, 0.29) is 0 Å². The Labute approximate surface area is 143 Å². The molecule has 0 spiro atoms. The molecule has 1 saturated heterocycles. The minimum Gasteiger partial charge on any atom is -0.497 e. The van der Waals surface area contributed by atoms with E-state index < -0.39 is 6.10 Å². The van der Waals surface area contributed by atoms with Gasteiger partial charge in [-0.25, -0.2) is 0 Å². The number of aliphatic hydroxyl groups excluding tert-OH is 1. The van der Waals surface area contributed by atoms with E-state index in [4.69, 9.17) is 9.47 Å². The predicted octanol–water partition coefficient (Wildman–Crippen LogP) is 3.23. The Morgan fingerprint density at radius 2 is 1.75 bits per heavy atom. The van der Waals surface area contributed by atoms with E-state index in [1.807, 2.05) is 36.4 Å². The van der Waals surface area contributed by atoms with Gasteiger partial charge in [0.15, 0.2) is 0 Å². The lowest BCUT2D eigenvalue weighted by Crippen LogP contribution is -2.26. The molecule has 24 heavy (non-hydrogen) atoms. The Hall–Kier alpha value is -2.04. The summed E-state index contributed by atoms with van der Waals surface area (Å²) in [6.45, 7) is 2.61. The lowest BCUT2D eigenvalue weighted by molar-refractivity contribution is 0.125. The van der Waals surface area contributed by atoms with Gasteiger partial charge in [-0.1, -0.05) is 30.3 Å². The van der Waals surface area contributed by atoms with Crippen LogP contribution in [0.3, 0.4) is 0 Å². The standard InChI is InChI=1S/C20H25NO3/c1-23-18-10-17(11-19(12-18)24-2)16-8-9-21(13-16)14-20(22)15-6-4-3-5-7-15/h3-7,10-12,16,20,22H,8-9,13-14H2,1-2H3. The highest BCUT2D eigenvalue weighted by atomic mass is 16.5. The fourth-order valence-corrected chi connectivity index (χ4v) is 3.36. The second-order valence-corrected chi connectivity index (χ2v) is 6.32. The lowest BCUT2D eigenvalue weighted by Gasteiger charge is -2.20. The molecule has 0 saturated carbocycles. The van der Waals surface area contributed by atoms with E-state index in [2.05, 4.69) is 17.0 Å². The number of ether oxygens (including phenoxy) is 2. The lowest BCUT2D eigenvalue weighted by atomic mass is 9.98. The maximum atomic E-state index is 10.4. The number of β-amino-alcohol motifs (C(OH)–C–C–N with tert-alkyl or cyclic N) is 1. The molecule has 1 heterocycles. The van der Waals surface area contributed by atoms with Crippen molar-refractivity contribution in [3.05, 3.63) is 59.7 Å². The summed E-state index contributed by atoms with van der Waals surface area (Å²) < 4.78 is 10.7. The molecule has 0 aliphatic carbocycles. The zero-order valence-corrected chi connectivity index (χ0v) is 14.3. The van der Waals surface area contributed by atoms with Crippen LogP contribution in [0, 0.1) is 0 Å².